The molecule has 3 nitrogen and oxygen atoms in total. The van der Waals surface area contributed by atoms with Crippen molar-refractivity contribution in [3.05, 3.63) is 30.1 Å². The van der Waals surface area contributed by atoms with Gasteiger partial charge in [0.2, 0.25) is 0 Å². The number of ketones is 1. The molecule has 3 heteroatoms. The lowest BCUT2D eigenvalue weighted by Crippen LogP contribution is -2.37. The number of carbonyl (C=O) groups excluding carboxylic acids is 1. The number of likely N-dealkylation sites (tertiary alicyclic amines) is 1. The molecule has 1 aliphatic heterocycles. The van der Waals surface area contributed by atoms with Gasteiger partial charge in [0.05, 0.1) is 0 Å². The molecule has 2 rings (SSSR count). The molecule has 0 bridgehead atoms. The van der Waals surface area contributed by atoms with Gasteiger partial charge >= 0.3 is 0 Å². The van der Waals surface area contributed by atoms with E-state index in [0.29, 0.717) is 18.2 Å². The number of aromatic nitrogens is 1. The van der Waals surface area contributed by atoms with Crippen LogP contribution in [0.15, 0.2) is 24.4 Å². The molecule has 1 aliphatic rings. The van der Waals surface area contributed by atoms with Crippen molar-refractivity contribution in [3.63, 3.8) is 0 Å². The van der Waals surface area contributed by atoms with E-state index in [0.717, 1.165) is 25.2 Å². The molecule has 0 aromatic carbocycles. The number of hydrogen-bond donors (Lipinski definition) is 0. The van der Waals surface area contributed by atoms with Gasteiger partial charge in [-0.1, -0.05) is 18.9 Å². The van der Waals surface area contributed by atoms with Crippen LogP contribution in [0, 0.1) is 0 Å². The van der Waals surface area contributed by atoms with Crippen LogP contribution in [-0.2, 0) is 11.2 Å². The molecule has 0 amide bonds. The fourth-order valence-electron chi connectivity index (χ4n) is 2.90. The van der Waals surface area contributed by atoms with Crippen molar-refractivity contribution in [2.24, 2.45) is 0 Å². The van der Waals surface area contributed by atoms with E-state index in [1.165, 1.54) is 25.7 Å². The molecule has 0 N–H and O–H groups in total. The molecule has 1 saturated heterocycles. The predicted octanol–water partition coefficient (Wildman–Crippen LogP) is 2.85. The summed E-state index contributed by atoms with van der Waals surface area (Å²) < 4.78 is 0. The quantitative estimate of drug-likeness (QED) is 0.816. The second kappa shape index (κ2) is 7.39. The summed E-state index contributed by atoms with van der Waals surface area (Å²) in [5.41, 5.74) is 1.15. The highest BCUT2D eigenvalue weighted by atomic mass is 16.1. The lowest BCUT2D eigenvalue weighted by Gasteiger charge is -2.29. The summed E-state index contributed by atoms with van der Waals surface area (Å²) in [5, 5.41) is 0. The molecule has 1 atom stereocenters. The highest BCUT2D eigenvalue weighted by molar-refractivity contribution is 5.76. The molecular formula is C16H24N2O. The zero-order valence-corrected chi connectivity index (χ0v) is 11.8. The molecule has 0 radical (unpaired) electrons. The summed E-state index contributed by atoms with van der Waals surface area (Å²) in [6, 6.07) is 6.52. The highest BCUT2D eigenvalue weighted by Crippen LogP contribution is 2.19. The van der Waals surface area contributed by atoms with Gasteiger partial charge in [0.1, 0.15) is 5.78 Å². The van der Waals surface area contributed by atoms with Crippen LogP contribution in [-0.4, -0.2) is 34.8 Å². The number of Topliss-reactive ketones (excluding diaryl/α,β-unsaturated/α-hetero) is 1. The second-order valence-corrected chi connectivity index (χ2v) is 5.52. The third-order valence-corrected chi connectivity index (χ3v) is 3.90. The fourth-order valence-corrected chi connectivity index (χ4v) is 2.90. The van der Waals surface area contributed by atoms with Gasteiger partial charge in [-0.3, -0.25) is 14.7 Å². The number of carbonyl (C=O) groups is 1. The first-order chi connectivity index (χ1) is 9.25. The van der Waals surface area contributed by atoms with E-state index in [-0.39, 0.29) is 0 Å². The molecule has 19 heavy (non-hydrogen) atoms. The van der Waals surface area contributed by atoms with E-state index in [1.807, 2.05) is 18.3 Å². The standard InChI is InChI=1S/C16H24N2O/c1-14(19)13-16-8-3-2-6-11-18(16)12-9-15-7-4-5-10-17-15/h4-5,7,10,16H,2-3,6,8-9,11-13H2,1H3. The minimum Gasteiger partial charge on any atom is -0.300 e. The van der Waals surface area contributed by atoms with Crippen LogP contribution in [0.1, 0.15) is 44.7 Å². The Kier molecular flexibility index (Phi) is 5.52. The molecular weight excluding hydrogens is 236 g/mol. The summed E-state index contributed by atoms with van der Waals surface area (Å²) >= 11 is 0. The predicted molar refractivity (Wildman–Crippen MR) is 77.1 cm³/mol. The maximum Gasteiger partial charge on any atom is 0.131 e. The average Bonchev–Trinajstić information content (AvgIpc) is 2.62. The molecule has 104 valence electrons. The smallest absolute Gasteiger partial charge is 0.131 e. The van der Waals surface area contributed by atoms with E-state index in [9.17, 15) is 4.79 Å². The largest absolute Gasteiger partial charge is 0.300 e. The Bertz CT molecular complexity index is 391. The summed E-state index contributed by atoms with van der Waals surface area (Å²) in [6.07, 6.45) is 8.53. The number of nitrogens with zero attached hydrogens (tertiary/aromatic N) is 2. The first kappa shape index (κ1) is 14.2. The monoisotopic (exact) mass is 260 g/mol. The van der Waals surface area contributed by atoms with Crippen molar-refractivity contribution in [1.29, 1.82) is 0 Å². The summed E-state index contributed by atoms with van der Waals surface area (Å²) in [6.45, 7) is 3.86. The zero-order chi connectivity index (χ0) is 13.5. The lowest BCUT2D eigenvalue weighted by molar-refractivity contribution is -0.118. The minimum atomic E-state index is 0.315. The van der Waals surface area contributed by atoms with Crippen molar-refractivity contribution in [2.75, 3.05) is 13.1 Å². The number of pyridine rings is 1. The van der Waals surface area contributed by atoms with Gasteiger partial charge in [0, 0.05) is 37.3 Å². The molecule has 0 aliphatic carbocycles. The molecule has 0 spiro atoms. The summed E-state index contributed by atoms with van der Waals surface area (Å²) in [5.74, 6) is 0.315. The maximum atomic E-state index is 11.4. The topological polar surface area (TPSA) is 33.2 Å². The fraction of sp³-hybridized carbons (Fsp3) is 0.625. The first-order valence-electron chi connectivity index (χ1n) is 7.39. The second-order valence-electron chi connectivity index (χ2n) is 5.52. The molecule has 1 fully saturated rings. The van der Waals surface area contributed by atoms with Crippen LogP contribution in [0.25, 0.3) is 0 Å². The Morgan fingerprint density at radius 2 is 2.26 bits per heavy atom. The van der Waals surface area contributed by atoms with Crippen LogP contribution in [0.2, 0.25) is 0 Å². The average molecular weight is 260 g/mol. The SMILES string of the molecule is CC(=O)CC1CCCCCN1CCc1ccccn1. The molecule has 1 aromatic heterocycles. The Hall–Kier alpha value is -1.22. The number of rotatable bonds is 5. The van der Waals surface area contributed by atoms with Crippen LogP contribution in [0.3, 0.4) is 0 Å². The Balaban J connectivity index is 1.92. The van der Waals surface area contributed by atoms with Crippen LogP contribution >= 0.6 is 0 Å². The van der Waals surface area contributed by atoms with Gasteiger partial charge in [-0.2, -0.15) is 0 Å². The van der Waals surface area contributed by atoms with Crippen LogP contribution < -0.4 is 0 Å². The first-order valence-corrected chi connectivity index (χ1v) is 7.39. The zero-order valence-electron chi connectivity index (χ0n) is 11.8. The van der Waals surface area contributed by atoms with Gasteiger partial charge in [0.25, 0.3) is 0 Å². The molecule has 0 saturated carbocycles. The lowest BCUT2D eigenvalue weighted by atomic mass is 10.0. The molecule has 1 unspecified atom stereocenters. The van der Waals surface area contributed by atoms with Crippen LogP contribution in [0.4, 0.5) is 0 Å². The molecule has 2 heterocycles. The van der Waals surface area contributed by atoms with Crippen molar-refractivity contribution < 1.29 is 4.79 Å². The van der Waals surface area contributed by atoms with Crippen molar-refractivity contribution in [1.82, 2.24) is 9.88 Å². The Morgan fingerprint density at radius 1 is 1.37 bits per heavy atom. The van der Waals surface area contributed by atoms with Crippen molar-refractivity contribution in [3.8, 4) is 0 Å². The van der Waals surface area contributed by atoms with Gasteiger partial charge in [-0.25, -0.2) is 0 Å². The Labute approximate surface area is 116 Å². The van der Waals surface area contributed by atoms with Crippen molar-refractivity contribution in [2.45, 2.75) is 51.5 Å². The van der Waals surface area contributed by atoms with Crippen LogP contribution in [0.5, 0.6) is 0 Å². The summed E-state index contributed by atoms with van der Waals surface area (Å²) in [7, 11) is 0. The highest BCUT2D eigenvalue weighted by Gasteiger charge is 2.21. The third-order valence-electron chi connectivity index (χ3n) is 3.90. The summed E-state index contributed by atoms with van der Waals surface area (Å²) in [4.78, 5) is 18.3. The number of hydrogen-bond acceptors (Lipinski definition) is 3. The van der Waals surface area contributed by atoms with Gasteiger partial charge < -0.3 is 0 Å². The van der Waals surface area contributed by atoms with Crippen molar-refractivity contribution >= 4 is 5.78 Å². The maximum absolute atomic E-state index is 11.4. The van der Waals surface area contributed by atoms with E-state index < -0.39 is 0 Å². The third kappa shape index (κ3) is 4.75. The van der Waals surface area contributed by atoms with Gasteiger partial charge in [0.15, 0.2) is 0 Å². The molecule has 1 aromatic rings. The van der Waals surface area contributed by atoms with E-state index >= 15 is 0 Å². The van der Waals surface area contributed by atoms with E-state index in [2.05, 4.69) is 16.0 Å². The normalized spacial score (nSPS) is 21.0. The minimum absolute atomic E-state index is 0.315. The van der Waals surface area contributed by atoms with Gasteiger partial charge in [-0.05, 0) is 38.4 Å². The Morgan fingerprint density at radius 3 is 3.00 bits per heavy atom. The van der Waals surface area contributed by atoms with E-state index in [4.69, 9.17) is 0 Å². The van der Waals surface area contributed by atoms with Gasteiger partial charge in [-0.15, -0.1) is 0 Å². The van der Waals surface area contributed by atoms with E-state index in [1.54, 1.807) is 6.92 Å².